The molecule has 0 bridgehead atoms. The van der Waals surface area contributed by atoms with Gasteiger partial charge >= 0.3 is 0 Å². The summed E-state index contributed by atoms with van der Waals surface area (Å²) in [6.45, 7) is 4.11. The van der Waals surface area contributed by atoms with Crippen LogP contribution in [0.25, 0.3) is 0 Å². The molecule has 1 aliphatic rings. The third-order valence-electron chi connectivity index (χ3n) is 1.96. The van der Waals surface area contributed by atoms with E-state index in [9.17, 15) is 0 Å². The van der Waals surface area contributed by atoms with Gasteiger partial charge in [0.1, 0.15) is 0 Å². The van der Waals surface area contributed by atoms with Crippen molar-refractivity contribution in [2.24, 2.45) is 11.7 Å². The molecule has 0 aromatic carbocycles. The first kappa shape index (κ1) is 8.12. The molecule has 0 saturated carbocycles. The summed E-state index contributed by atoms with van der Waals surface area (Å²) in [5, 5.41) is 0. The first-order valence-corrected chi connectivity index (χ1v) is 3.98. The molecule has 0 aliphatic heterocycles. The fourth-order valence-corrected chi connectivity index (χ4v) is 1.18. The third kappa shape index (κ3) is 1.97. The lowest BCUT2D eigenvalue weighted by Crippen LogP contribution is -2.11. The lowest BCUT2D eigenvalue weighted by atomic mass is 9.95. The zero-order chi connectivity index (χ0) is 8.27. The van der Waals surface area contributed by atoms with Crippen molar-refractivity contribution < 1.29 is 0 Å². The van der Waals surface area contributed by atoms with E-state index in [-0.39, 0.29) is 0 Å². The Balaban J connectivity index is 2.70. The van der Waals surface area contributed by atoms with E-state index in [4.69, 9.17) is 5.73 Å². The molecule has 0 saturated heterocycles. The zero-order valence-electron chi connectivity index (χ0n) is 7.17. The van der Waals surface area contributed by atoms with Gasteiger partial charge in [0.05, 0.1) is 0 Å². The van der Waals surface area contributed by atoms with Gasteiger partial charge in [-0.25, -0.2) is 0 Å². The maximum Gasteiger partial charge on any atom is 0.0201 e. The molecule has 1 heteroatoms. The summed E-state index contributed by atoms with van der Waals surface area (Å²) in [6.07, 6.45) is 9.48. The molecule has 0 heterocycles. The molecule has 11 heavy (non-hydrogen) atoms. The highest BCUT2D eigenvalue weighted by atomic mass is 14.6. The van der Waals surface area contributed by atoms with Crippen LogP contribution in [0.15, 0.2) is 35.6 Å². The Kier molecular flexibility index (Phi) is 2.53. The number of hydrogen-bond acceptors (Lipinski definition) is 1. The number of rotatable bonds is 1. The Morgan fingerprint density at radius 2 is 2.09 bits per heavy atom. The van der Waals surface area contributed by atoms with Crippen molar-refractivity contribution in [3.63, 3.8) is 0 Å². The van der Waals surface area contributed by atoms with Crippen LogP contribution in [0, 0.1) is 5.92 Å². The third-order valence-corrected chi connectivity index (χ3v) is 1.96. The average molecular weight is 149 g/mol. The van der Waals surface area contributed by atoms with Crippen LogP contribution in [-0.4, -0.2) is 0 Å². The summed E-state index contributed by atoms with van der Waals surface area (Å²) in [4.78, 5) is 0. The van der Waals surface area contributed by atoms with Gasteiger partial charge in [0.15, 0.2) is 0 Å². The molecule has 1 rings (SSSR count). The maximum absolute atomic E-state index is 5.89. The summed E-state index contributed by atoms with van der Waals surface area (Å²) < 4.78 is 0. The van der Waals surface area contributed by atoms with Crippen LogP contribution in [-0.2, 0) is 0 Å². The Morgan fingerprint density at radius 3 is 2.55 bits per heavy atom. The summed E-state index contributed by atoms with van der Waals surface area (Å²) in [6, 6.07) is 0. The monoisotopic (exact) mass is 149 g/mol. The van der Waals surface area contributed by atoms with Crippen molar-refractivity contribution in [3.8, 4) is 0 Å². The minimum absolute atomic E-state index is 0.435. The van der Waals surface area contributed by atoms with Crippen LogP contribution < -0.4 is 5.73 Å². The van der Waals surface area contributed by atoms with Gasteiger partial charge in [0.2, 0.25) is 0 Å². The normalized spacial score (nSPS) is 21.8. The average Bonchev–Trinajstić information content (AvgIpc) is 2.05. The Hall–Kier alpha value is -0.980. The van der Waals surface area contributed by atoms with Gasteiger partial charge < -0.3 is 5.73 Å². The first-order chi connectivity index (χ1) is 5.22. The van der Waals surface area contributed by atoms with E-state index < -0.39 is 0 Å². The molecule has 0 aromatic heterocycles. The van der Waals surface area contributed by atoms with Crippen LogP contribution in [0.4, 0.5) is 0 Å². The van der Waals surface area contributed by atoms with Crippen molar-refractivity contribution in [2.75, 3.05) is 0 Å². The predicted octanol–water partition coefficient (Wildman–Crippen LogP) is 2.37. The van der Waals surface area contributed by atoms with Gasteiger partial charge in [-0.3, -0.25) is 0 Å². The molecular weight excluding hydrogens is 134 g/mol. The van der Waals surface area contributed by atoms with Crippen molar-refractivity contribution in [2.45, 2.75) is 20.3 Å². The number of nitrogens with two attached hydrogens (primary N) is 1. The standard InChI is InChI=1S/C10H15N/c1-8(2)10(11)9-6-4-3-5-7-9/h3-6,9H,7,11H2,1-2H3. The topological polar surface area (TPSA) is 26.0 Å². The maximum atomic E-state index is 5.89. The van der Waals surface area contributed by atoms with Gasteiger partial charge in [0.25, 0.3) is 0 Å². The zero-order valence-corrected chi connectivity index (χ0v) is 7.17. The SMILES string of the molecule is CC(C)=C(N)C1C=CC=CC1. The highest BCUT2D eigenvalue weighted by Gasteiger charge is 2.08. The molecule has 1 atom stereocenters. The van der Waals surface area contributed by atoms with Crippen molar-refractivity contribution in [1.29, 1.82) is 0 Å². The number of hydrogen-bond donors (Lipinski definition) is 1. The lowest BCUT2D eigenvalue weighted by molar-refractivity contribution is 0.743. The largest absolute Gasteiger partial charge is 0.402 e. The van der Waals surface area contributed by atoms with Crippen LogP contribution in [0.2, 0.25) is 0 Å². The van der Waals surface area contributed by atoms with E-state index in [1.807, 2.05) is 0 Å². The summed E-state index contributed by atoms with van der Waals surface area (Å²) >= 11 is 0. The van der Waals surface area contributed by atoms with Gasteiger partial charge in [-0.2, -0.15) is 0 Å². The second-order valence-electron chi connectivity index (χ2n) is 3.11. The fraction of sp³-hybridized carbons (Fsp3) is 0.400. The van der Waals surface area contributed by atoms with Crippen molar-refractivity contribution >= 4 is 0 Å². The van der Waals surface area contributed by atoms with E-state index in [1.165, 1.54) is 5.57 Å². The second kappa shape index (κ2) is 3.42. The fourth-order valence-electron chi connectivity index (χ4n) is 1.18. The van der Waals surface area contributed by atoms with Crippen LogP contribution in [0.5, 0.6) is 0 Å². The highest BCUT2D eigenvalue weighted by Crippen LogP contribution is 2.19. The Morgan fingerprint density at radius 1 is 1.36 bits per heavy atom. The van der Waals surface area contributed by atoms with E-state index in [0.29, 0.717) is 5.92 Å². The minimum Gasteiger partial charge on any atom is -0.402 e. The molecular formula is C10H15N. The summed E-state index contributed by atoms with van der Waals surface area (Å²) in [5.41, 5.74) is 8.14. The smallest absolute Gasteiger partial charge is 0.0201 e. The van der Waals surface area contributed by atoms with Gasteiger partial charge in [-0.1, -0.05) is 29.9 Å². The number of allylic oxidation sites excluding steroid dienone is 5. The van der Waals surface area contributed by atoms with Gasteiger partial charge in [0, 0.05) is 11.6 Å². The van der Waals surface area contributed by atoms with Crippen LogP contribution in [0.1, 0.15) is 20.3 Å². The summed E-state index contributed by atoms with van der Waals surface area (Å²) in [7, 11) is 0. The molecule has 2 N–H and O–H groups in total. The van der Waals surface area contributed by atoms with Crippen LogP contribution in [0.3, 0.4) is 0 Å². The Labute approximate surface area is 68.3 Å². The molecule has 1 nitrogen and oxygen atoms in total. The Bertz CT molecular complexity index is 217. The molecule has 0 radical (unpaired) electrons. The first-order valence-electron chi connectivity index (χ1n) is 3.98. The summed E-state index contributed by atoms with van der Waals surface area (Å²) in [5.74, 6) is 0.435. The molecule has 0 aromatic rings. The molecule has 1 unspecified atom stereocenters. The van der Waals surface area contributed by atoms with Crippen molar-refractivity contribution in [3.05, 3.63) is 35.6 Å². The molecule has 1 aliphatic carbocycles. The van der Waals surface area contributed by atoms with E-state index in [1.54, 1.807) is 0 Å². The van der Waals surface area contributed by atoms with Gasteiger partial charge in [-0.15, -0.1) is 0 Å². The molecule has 0 spiro atoms. The van der Waals surface area contributed by atoms with E-state index >= 15 is 0 Å². The minimum atomic E-state index is 0.435. The van der Waals surface area contributed by atoms with E-state index in [0.717, 1.165) is 12.1 Å². The van der Waals surface area contributed by atoms with E-state index in [2.05, 4.69) is 38.2 Å². The molecule has 60 valence electrons. The van der Waals surface area contributed by atoms with Crippen molar-refractivity contribution in [1.82, 2.24) is 0 Å². The predicted molar refractivity (Wildman–Crippen MR) is 48.9 cm³/mol. The van der Waals surface area contributed by atoms with Crippen LogP contribution >= 0.6 is 0 Å². The second-order valence-corrected chi connectivity index (χ2v) is 3.11. The highest BCUT2D eigenvalue weighted by molar-refractivity contribution is 5.22. The van der Waals surface area contributed by atoms with Gasteiger partial charge in [-0.05, 0) is 20.3 Å². The molecule has 0 amide bonds. The quantitative estimate of drug-likeness (QED) is 0.608. The molecule has 0 fully saturated rings. The lowest BCUT2D eigenvalue weighted by Gasteiger charge is -2.14.